The SMILES string of the molecule is COC(=O)CCCS(=O)(=O)NC(C)c1ccco1. The van der Waals surface area contributed by atoms with Crippen molar-refractivity contribution in [1.29, 1.82) is 0 Å². The van der Waals surface area contributed by atoms with Crippen molar-refractivity contribution in [1.82, 2.24) is 4.72 Å². The molecule has 1 heterocycles. The first-order chi connectivity index (χ1) is 8.44. The second kappa shape index (κ2) is 6.55. The Bertz CT molecular complexity index is 466. The lowest BCUT2D eigenvalue weighted by atomic mass is 10.3. The third-order valence-electron chi connectivity index (χ3n) is 2.35. The highest BCUT2D eigenvalue weighted by atomic mass is 32.2. The molecule has 0 saturated heterocycles. The van der Waals surface area contributed by atoms with E-state index in [0.29, 0.717) is 5.76 Å². The molecule has 102 valence electrons. The van der Waals surface area contributed by atoms with E-state index in [9.17, 15) is 13.2 Å². The number of carbonyl (C=O) groups excluding carboxylic acids is 1. The molecule has 1 aromatic heterocycles. The first-order valence-electron chi connectivity index (χ1n) is 5.55. The van der Waals surface area contributed by atoms with Gasteiger partial charge in [-0.3, -0.25) is 4.79 Å². The fourth-order valence-corrected chi connectivity index (χ4v) is 2.73. The number of carbonyl (C=O) groups is 1. The number of nitrogens with one attached hydrogen (secondary N) is 1. The highest BCUT2D eigenvalue weighted by molar-refractivity contribution is 7.89. The molecule has 6 nitrogen and oxygen atoms in total. The molecule has 1 aromatic rings. The summed E-state index contributed by atoms with van der Waals surface area (Å²) >= 11 is 0. The lowest BCUT2D eigenvalue weighted by Gasteiger charge is -2.11. The topological polar surface area (TPSA) is 85.6 Å². The minimum atomic E-state index is -3.43. The van der Waals surface area contributed by atoms with Crippen LogP contribution in [0.1, 0.15) is 31.6 Å². The third kappa shape index (κ3) is 4.89. The quantitative estimate of drug-likeness (QED) is 0.756. The zero-order chi connectivity index (χ0) is 13.6. The van der Waals surface area contributed by atoms with E-state index in [0.717, 1.165) is 0 Å². The summed E-state index contributed by atoms with van der Waals surface area (Å²) in [5, 5.41) is 0. The summed E-state index contributed by atoms with van der Waals surface area (Å²) in [4.78, 5) is 10.9. The van der Waals surface area contributed by atoms with E-state index in [1.807, 2.05) is 0 Å². The molecule has 0 saturated carbocycles. The number of rotatable bonds is 7. The summed E-state index contributed by atoms with van der Waals surface area (Å²) in [6.45, 7) is 1.69. The summed E-state index contributed by atoms with van der Waals surface area (Å²) in [5.41, 5.74) is 0. The monoisotopic (exact) mass is 275 g/mol. The predicted octanol–water partition coefficient (Wildman–Crippen LogP) is 1.21. The largest absolute Gasteiger partial charge is 0.469 e. The van der Waals surface area contributed by atoms with Crippen molar-refractivity contribution in [2.75, 3.05) is 12.9 Å². The first-order valence-corrected chi connectivity index (χ1v) is 7.20. The molecule has 0 aromatic carbocycles. The number of methoxy groups -OCH3 is 1. The molecule has 0 fully saturated rings. The van der Waals surface area contributed by atoms with E-state index in [1.54, 1.807) is 19.1 Å². The Labute approximate surface area is 106 Å². The van der Waals surface area contributed by atoms with Gasteiger partial charge in [0.1, 0.15) is 5.76 Å². The van der Waals surface area contributed by atoms with Crippen LogP contribution < -0.4 is 4.72 Å². The molecule has 1 atom stereocenters. The molecule has 1 N–H and O–H groups in total. The molecule has 18 heavy (non-hydrogen) atoms. The molecule has 1 rings (SSSR count). The van der Waals surface area contributed by atoms with Gasteiger partial charge in [0.05, 0.1) is 25.2 Å². The maximum atomic E-state index is 11.7. The Morgan fingerprint density at radius 3 is 2.83 bits per heavy atom. The molecule has 0 aliphatic heterocycles. The average Bonchev–Trinajstić information content (AvgIpc) is 2.81. The van der Waals surface area contributed by atoms with E-state index < -0.39 is 22.0 Å². The van der Waals surface area contributed by atoms with Gasteiger partial charge >= 0.3 is 5.97 Å². The minimum Gasteiger partial charge on any atom is -0.469 e. The van der Waals surface area contributed by atoms with Gasteiger partial charge in [0, 0.05) is 6.42 Å². The Kier molecular flexibility index (Phi) is 5.36. The molecular formula is C11H17NO5S. The van der Waals surface area contributed by atoms with Crippen molar-refractivity contribution in [2.24, 2.45) is 0 Å². The van der Waals surface area contributed by atoms with Gasteiger partial charge in [-0.25, -0.2) is 13.1 Å². The summed E-state index contributed by atoms with van der Waals surface area (Å²) < 4.78 is 35.4. The Morgan fingerprint density at radius 1 is 1.56 bits per heavy atom. The molecule has 1 unspecified atom stereocenters. The van der Waals surface area contributed by atoms with E-state index in [1.165, 1.54) is 13.4 Å². The molecule has 0 spiro atoms. The number of sulfonamides is 1. The molecule has 0 aliphatic carbocycles. The van der Waals surface area contributed by atoms with Gasteiger partial charge in [0.25, 0.3) is 0 Å². The van der Waals surface area contributed by atoms with E-state index in [4.69, 9.17) is 4.42 Å². The van der Waals surface area contributed by atoms with Crippen LogP contribution in [0.4, 0.5) is 0 Å². The van der Waals surface area contributed by atoms with Crippen LogP contribution in [0.25, 0.3) is 0 Å². The predicted molar refractivity (Wildman–Crippen MR) is 65.3 cm³/mol. The van der Waals surface area contributed by atoms with Crippen LogP contribution in [-0.4, -0.2) is 27.2 Å². The first kappa shape index (κ1) is 14.7. The second-order valence-corrected chi connectivity index (χ2v) is 5.73. The van der Waals surface area contributed by atoms with Gasteiger partial charge in [-0.2, -0.15) is 0 Å². The number of ether oxygens (including phenoxy) is 1. The van der Waals surface area contributed by atoms with Gasteiger partial charge in [-0.05, 0) is 25.5 Å². The van der Waals surface area contributed by atoms with Crippen molar-refractivity contribution in [3.63, 3.8) is 0 Å². The van der Waals surface area contributed by atoms with Crippen LogP contribution in [-0.2, 0) is 19.6 Å². The Balaban J connectivity index is 2.42. The summed E-state index contributed by atoms with van der Waals surface area (Å²) in [6, 6.07) is 2.96. The zero-order valence-electron chi connectivity index (χ0n) is 10.4. The lowest BCUT2D eigenvalue weighted by Crippen LogP contribution is -2.29. The molecule has 0 radical (unpaired) electrons. The zero-order valence-corrected chi connectivity index (χ0v) is 11.2. The molecule has 0 bridgehead atoms. The van der Waals surface area contributed by atoms with Crippen molar-refractivity contribution < 1.29 is 22.4 Å². The number of hydrogen-bond donors (Lipinski definition) is 1. The molecule has 0 amide bonds. The highest BCUT2D eigenvalue weighted by Gasteiger charge is 2.17. The second-order valence-electron chi connectivity index (χ2n) is 3.85. The summed E-state index contributed by atoms with van der Waals surface area (Å²) in [5.74, 6) is 0.0171. The van der Waals surface area contributed by atoms with Crippen molar-refractivity contribution in [3.05, 3.63) is 24.2 Å². The van der Waals surface area contributed by atoms with Gasteiger partial charge < -0.3 is 9.15 Å². The molecular weight excluding hydrogens is 258 g/mol. The average molecular weight is 275 g/mol. The highest BCUT2D eigenvalue weighted by Crippen LogP contribution is 2.13. The Morgan fingerprint density at radius 2 is 2.28 bits per heavy atom. The fourth-order valence-electron chi connectivity index (χ4n) is 1.43. The third-order valence-corrected chi connectivity index (χ3v) is 3.89. The standard InChI is InChI=1S/C11H17NO5S/c1-9(10-5-3-7-17-10)12-18(14,15)8-4-6-11(13)16-2/h3,5,7,9,12H,4,6,8H2,1-2H3. The van der Waals surface area contributed by atoms with Crippen LogP contribution in [0.2, 0.25) is 0 Å². The maximum absolute atomic E-state index is 11.7. The van der Waals surface area contributed by atoms with Crippen LogP contribution in [0.5, 0.6) is 0 Å². The van der Waals surface area contributed by atoms with Gasteiger partial charge in [0.2, 0.25) is 10.0 Å². The van der Waals surface area contributed by atoms with Gasteiger partial charge in [0.15, 0.2) is 0 Å². The summed E-state index contributed by atoms with van der Waals surface area (Å²) in [6.07, 6.45) is 1.80. The smallest absolute Gasteiger partial charge is 0.305 e. The minimum absolute atomic E-state index is 0.0898. The van der Waals surface area contributed by atoms with Crippen LogP contribution in [0, 0.1) is 0 Å². The fraction of sp³-hybridized carbons (Fsp3) is 0.545. The summed E-state index contributed by atoms with van der Waals surface area (Å²) in [7, 11) is -2.16. The van der Waals surface area contributed by atoms with E-state index in [-0.39, 0.29) is 18.6 Å². The Hall–Kier alpha value is -1.34. The van der Waals surface area contributed by atoms with Crippen molar-refractivity contribution in [2.45, 2.75) is 25.8 Å². The number of furan rings is 1. The normalized spacial score (nSPS) is 13.2. The van der Waals surface area contributed by atoms with Crippen molar-refractivity contribution >= 4 is 16.0 Å². The van der Waals surface area contributed by atoms with Crippen molar-refractivity contribution in [3.8, 4) is 0 Å². The van der Waals surface area contributed by atoms with Crippen LogP contribution in [0.15, 0.2) is 22.8 Å². The number of hydrogen-bond acceptors (Lipinski definition) is 5. The lowest BCUT2D eigenvalue weighted by molar-refractivity contribution is -0.140. The molecule has 0 aliphatic rings. The van der Waals surface area contributed by atoms with Gasteiger partial charge in [-0.15, -0.1) is 0 Å². The van der Waals surface area contributed by atoms with E-state index >= 15 is 0 Å². The van der Waals surface area contributed by atoms with Gasteiger partial charge in [-0.1, -0.05) is 0 Å². The maximum Gasteiger partial charge on any atom is 0.305 e. The number of esters is 1. The van der Waals surface area contributed by atoms with Crippen LogP contribution in [0.3, 0.4) is 0 Å². The molecule has 7 heteroatoms. The van der Waals surface area contributed by atoms with Crippen LogP contribution >= 0.6 is 0 Å². The van der Waals surface area contributed by atoms with E-state index in [2.05, 4.69) is 9.46 Å².